The van der Waals surface area contributed by atoms with E-state index in [0.717, 1.165) is 22.3 Å². The van der Waals surface area contributed by atoms with Crippen LogP contribution >= 0.6 is 0 Å². The molecular formula is C21H25N3. The molecule has 1 fully saturated rings. The zero-order chi connectivity index (χ0) is 16.9. The third-order valence-electron chi connectivity index (χ3n) is 4.43. The van der Waals surface area contributed by atoms with Gasteiger partial charge in [0.15, 0.2) is 0 Å². The van der Waals surface area contributed by atoms with Gasteiger partial charge in [-0.2, -0.15) is 0 Å². The van der Waals surface area contributed by atoms with Gasteiger partial charge in [0.2, 0.25) is 0 Å². The first-order valence-electron chi connectivity index (χ1n) is 8.52. The van der Waals surface area contributed by atoms with E-state index in [-0.39, 0.29) is 0 Å². The molecule has 0 saturated carbocycles. The van der Waals surface area contributed by atoms with Crippen LogP contribution in [0.5, 0.6) is 0 Å². The number of pyridine rings is 1. The zero-order valence-corrected chi connectivity index (χ0v) is 14.6. The Morgan fingerprint density at radius 1 is 1.08 bits per heavy atom. The summed E-state index contributed by atoms with van der Waals surface area (Å²) in [5.41, 5.74) is 4.42. The van der Waals surface area contributed by atoms with Gasteiger partial charge in [0.05, 0.1) is 0 Å². The summed E-state index contributed by atoms with van der Waals surface area (Å²) in [6.45, 7) is 8.49. The summed E-state index contributed by atoms with van der Waals surface area (Å²) in [5.74, 6) is 0. The second-order valence-corrected chi connectivity index (χ2v) is 6.42. The number of aromatic nitrogens is 2. The highest BCUT2D eigenvalue weighted by Gasteiger charge is 2.04. The summed E-state index contributed by atoms with van der Waals surface area (Å²) in [6, 6.07) is 12.6. The van der Waals surface area contributed by atoms with Crippen LogP contribution < -0.4 is 0 Å². The summed E-state index contributed by atoms with van der Waals surface area (Å²) >= 11 is 0. The van der Waals surface area contributed by atoms with Crippen LogP contribution in [-0.4, -0.2) is 34.6 Å². The second kappa shape index (κ2) is 7.45. The fourth-order valence-corrected chi connectivity index (χ4v) is 2.94. The molecule has 3 nitrogen and oxygen atoms in total. The molecule has 3 heterocycles. The number of hydrogen-bond donors (Lipinski definition) is 0. The van der Waals surface area contributed by atoms with Crippen molar-refractivity contribution in [3.05, 3.63) is 66.5 Å². The molecule has 3 heteroatoms. The lowest BCUT2D eigenvalue weighted by molar-refractivity contribution is 0.418. The molecule has 124 valence electrons. The smallest absolute Gasteiger partial charge is 0.144 e. The molecule has 0 N–H and O–H groups in total. The van der Waals surface area contributed by atoms with Crippen LogP contribution in [0.15, 0.2) is 55.4 Å². The fraction of sp³-hybridized carbons (Fsp3) is 0.286. The largest absolute Gasteiger partial charge is 0.306 e. The van der Waals surface area contributed by atoms with E-state index in [0.29, 0.717) is 0 Å². The van der Waals surface area contributed by atoms with Gasteiger partial charge in [-0.15, -0.1) is 0 Å². The number of benzene rings is 1. The molecule has 0 aliphatic carbocycles. The average molecular weight is 319 g/mol. The molecule has 1 aliphatic heterocycles. The van der Waals surface area contributed by atoms with Crippen LogP contribution in [0.1, 0.15) is 24.0 Å². The van der Waals surface area contributed by atoms with Crippen molar-refractivity contribution in [3.8, 4) is 5.69 Å². The highest BCUT2D eigenvalue weighted by atomic mass is 15.1. The molecule has 0 unspecified atom stereocenters. The maximum atomic E-state index is 4.50. The Bertz CT molecular complexity index is 809. The normalized spacial score (nSPS) is 14.4. The van der Waals surface area contributed by atoms with Crippen LogP contribution in [0, 0.1) is 6.92 Å². The van der Waals surface area contributed by atoms with Crippen molar-refractivity contribution in [2.45, 2.75) is 19.8 Å². The van der Waals surface area contributed by atoms with E-state index in [9.17, 15) is 0 Å². The predicted molar refractivity (Wildman–Crippen MR) is 103 cm³/mol. The Morgan fingerprint density at radius 2 is 1.79 bits per heavy atom. The molecular weight excluding hydrogens is 294 g/mol. The molecule has 0 radical (unpaired) electrons. The van der Waals surface area contributed by atoms with E-state index in [2.05, 4.69) is 77.6 Å². The SMILES string of the molecule is C=Cc1cnc2c(ccn2-c2ccc(C)cc2)c1.CN1CCCC1. The molecule has 0 atom stereocenters. The summed E-state index contributed by atoms with van der Waals surface area (Å²) in [5, 5.41) is 1.13. The summed E-state index contributed by atoms with van der Waals surface area (Å²) in [7, 11) is 2.17. The molecule has 24 heavy (non-hydrogen) atoms. The number of nitrogens with zero attached hydrogens (tertiary/aromatic N) is 3. The third kappa shape index (κ3) is 3.74. The van der Waals surface area contributed by atoms with Crippen molar-refractivity contribution < 1.29 is 0 Å². The van der Waals surface area contributed by atoms with E-state index in [1.54, 1.807) is 0 Å². The van der Waals surface area contributed by atoms with Crippen LogP contribution in [-0.2, 0) is 0 Å². The molecule has 0 bridgehead atoms. The van der Waals surface area contributed by atoms with Gasteiger partial charge in [0.1, 0.15) is 5.65 Å². The average Bonchev–Trinajstić information content (AvgIpc) is 3.24. The Labute approximate surface area is 144 Å². The first kappa shape index (κ1) is 16.5. The van der Waals surface area contributed by atoms with Gasteiger partial charge in [0.25, 0.3) is 0 Å². The quantitative estimate of drug-likeness (QED) is 0.683. The first-order chi connectivity index (χ1) is 11.7. The van der Waals surface area contributed by atoms with Gasteiger partial charge in [0, 0.05) is 23.5 Å². The number of hydrogen-bond acceptors (Lipinski definition) is 2. The number of fused-ring (bicyclic) bond motifs is 1. The lowest BCUT2D eigenvalue weighted by Crippen LogP contribution is -2.10. The van der Waals surface area contributed by atoms with Gasteiger partial charge >= 0.3 is 0 Å². The van der Waals surface area contributed by atoms with Gasteiger partial charge in [-0.05, 0) is 69.7 Å². The van der Waals surface area contributed by atoms with E-state index >= 15 is 0 Å². The molecule has 1 aliphatic rings. The standard InChI is InChI=1S/C16H14N2.C5H11N/c1-3-13-10-14-8-9-18(16(14)17-11-13)15-6-4-12(2)5-7-15;1-6-4-2-3-5-6/h3-11H,1H2,2H3;2-5H2,1H3. The van der Waals surface area contributed by atoms with Crippen molar-refractivity contribution in [1.82, 2.24) is 14.5 Å². The highest BCUT2D eigenvalue weighted by Crippen LogP contribution is 2.20. The second-order valence-electron chi connectivity index (χ2n) is 6.42. The minimum absolute atomic E-state index is 0.976. The monoisotopic (exact) mass is 319 g/mol. The first-order valence-corrected chi connectivity index (χ1v) is 8.52. The molecule has 0 spiro atoms. The topological polar surface area (TPSA) is 21.1 Å². The maximum Gasteiger partial charge on any atom is 0.144 e. The van der Waals surface area contributed by atoms with Gasteiger partial charge in [-0.1, -0.05) is 30.4 Å². The highest BCUT2D eigenvalue weighted by molar-refractivity contribution is 5.80. The maximum absolute atomic E-state index is 4.50. The Morgan fingerprint density at radius 3 is 2.38 bits per heavy atom. The molecule has 4 rings (SSSR count). The fourth-order valence-electron chi connectivity index (χ4n) is 2.94. The van der Waals surface area contributed by atoms with Crippen LogP contribution in [0.4, 0.5) is 0 Å². The van der Waals surface area contributed by atoms with Crippen LogP contribution in [0.2, 0.25) is 0 Å². The molecule has 2 aromatic heterocycles. The number of likely N-dealkylation sites (tertiary alicyclic amines) is 1. The van der Waals surface area contributed by atoms with E-state index in [1.165, 1.54) is 31.5 Å². The lowest BCUT2D eigenvalue weighted by atomic mass is 10.2. The zero-order valence-electron chi connectivity index (χ0n) is 14.6. The van der Waals surface area contributed by atoms with E-state index < -0.39 is 0 Å². The van der Waals surface area contributed by atoms with Crippen molar-refractivity contribution in [1.29, 1.82) is 0 Å². The molecule has 3 aromatic rings. The molecule has 0 amide bonds. The predicted octanol–water partition coefficient (Wildman–Crippen LogP) is 4.69. The van der Waals surface area contributed by atoms with E-state index in [4.69, 9.17) is 0 Å². The minimum atomic E-state index is 0.976. The van der Waals surface area contributed by atoms with Gasteiger partial charge < -0.3 is 9.47 Å². The summed E-state index contributed by atoms with van der Waals surface area (Å²) in [4.78, 5) is 6.86. The minimum Gasteiger partial charge on any atom is -0.306 e. The van der Waals surface area contributed by atoms with E-state index in [1.807, 2.05) is 12.3 Å². The van der Waals surface area contributed by atoms with Crippen LogP contribution in [0.3, 0.4) is 0 Å². The van der Waals surface area contributed by atoms with Crippen molar-refractivity contribution in [2.75, 3.05) is 20.1 Å². The number of rotatable bonds is 2. The molecule has 1 saturated heterocycles. The Balaban J connectivity index is 0.000000238. The van der Waals surface area contributed by atoms with Crippen molar-refractivity contribution in [3.63, 3.8) is 0 Å². The van der Waals surface area contributed by atoms with Gasteiger partial charge in [-0.25, -0.2) is 4.98 Å². The third-order valence-corrected chi connectivity index (χ3v) is 4.43. The molecule has 1 aromatic carbocycles. The van der Waals surface area contributed by atoms with Crippen LogP contribution in [0.25, 0.3) is 22.8 Å². The number of aryl methyl sites for hydroxylation is 1. The Hall–Kier alpha value is -2.39. The summed E-state index contributed by atoms with van der Waals surface area (Å²) < 4.78 is 2.10. The summed E-state index contributed by atoms with van der Waals surface area (Å²) in [6.07, 6.45) is 8.54. The Kier molecular flexibility index (Phi) is 5.11. The van der Waals surface area contributed by atoms with Gasteiger partial charge in [-0.3, -0.25) is 0 Å². The lowest BCUT2D eigenvalue weighted by Gasteiger charge is -2.05. The van der Waals surface area contributed by atoms with Crippen molar-refractivity contribution in [2.24, 2.45) is 0 Å². The van der Waals surface area contributed by atoms with Crippen molar-refractivity contribution >= 4 is 17.1 Å².